The largest absolute Gasteiger partial charge is 0.367 e. The molecule has 0 saturated carbocycles. The Morgan fingerprint density at radius 2 is 0.957 bits per heavy atom. The fraction of sp³-hybridized carbons (Fsp3) is 0.111. The Kier molecular flexibility index (Phi) is 9.15. The zero-order valence-electron chi connectivity index (χ0n) is 25.0. The van der Waals surface area contributed by atoms with Gasteiger partial charge in [0.1, 0.15) is 6.10 Å². The average molecular weight is 667 g/mol. The molecule has 0 N–H and O–H groups in total. The van der Waals surface area contributed by atoms with Crippen molar-refractivity contribution in [2.45, 2.75) is 28.5 Å². The molecule has 0 fully saturated rings. The number of carbonyl (C=O) groups is 2. The van der Waals surface area contributed by atoms with Crippen molar-refractivity contribution in [2.75, 3.05) is 6.54 Å². The molecule has 9 nitrogen and oxygen atoms in total. The van der Waals surface area contributed by atoms with Crippen molar-refractivity contribution in [3.05, 3.63) is 168 Å². The Labute approximate surface area is 273 Å². The highest BCUT2D eigenvalue weighted by Gasteiger charge is 2.48. The monoisotopic (exact) mass is 666 g/mol. The van der Waals surface area contributed by atoms with Gasteiger partial charge in [-0.1, -0.05) is 113 Å². The molecule has 0 aromatic heterocycles. The van der Waals surface area contributed by atoms with E-state index in [0.29, 0.717) is 9.27 Å². The van der Waals surface area contributed by atoms with Crippen LogP contribution in [-0.2, 0) is 31.4 Å². The molecule has 1 heterocycles. The van der Waals surface area contributed by atoms with Crippen LogP contribution in [0.4, 0.5) is 0 Å². The molecule has 5 aromatic carbocycles. The summed E-state index contributed by atoms with van der Waals surface area (Å²) in [6.07, 6.45) is -1.14. The van der Waals surface area contributed by atoms with E-state index in [4.69, 9.17) is 4.74 Å². The average Bonchev–Trinajstić information content (AvgIpc) is 3.36. The Morgan fingerprint density at radius 1 is 0.553 bits per heavy atom. The van der Waals surface area contributed by atoms with Crippen molar-refractivity contribution in [3.63, 3.8) is 0 Å². The SMILES string of the molecule is O=C1c2ccccc2C(=O)N1C(CN(S(=O)(=O)c1ccccc1)S(=O)(=O)c1ccccc1)[C@H](OCc1ccccc1)c1ccccc1. The maximum absolute atomic E-state index is 14.3. The van der Waals surface area contributed by atoms with Gasteiger partial charge in [0, 0.05) is 0 Å². The third-order valence-electron chi connectivity index (χ3n) is 7.86. The van der Waals surface area contributed by atoms with Gasteiger partial charge in [-0.2, -0.15) is 0 Å². The van der Waals surface area contributed by atoms with Crippen LogP contribution >= 0.6 is 0 Å². The summed E-state index contributed by atoms with van der Waals surface area (Å²) in [6, 6.07) is 37.1. The normalized spacial score (nSPS) is 14.6. The van der Waals surface area contributed by atoms with Crippen molar-refractivity contribution >= 4 is 31.9 Å². The molecule has 1 aliphatic rings. The second-order valence-corrected chi connectivity index (χ2v) is 14.8. The lowest BCUT2D eigenvalue weighted by Gasteiger charge is -2.36. The highest BCUT2D eigenvalue weighted by molar-refractivity contribution is 8.04. The summed E-state index contributed by atoms with van der Waals surface area (Å²) in [5, 5.41) is 0. The Balaban J connectivity index is 1.54. The van der Waals surface area contributed by atoms with Gasteiger partial charge in [0.25, 0.3) is 31.9 Å². The fourth-order valence-electron chi connectivity index (χ4n) is 5.55. The highest BCUT2D eigenvalue weighted by atomic mass is 32.3. The molecule has 0 aliphatic carbocycles. The number of amides is 2. The number of hydrogen-bond acceptors (Lipinski definition) is 7. The molecule has 238 valence electrons. The molecular formula is C36H30N2O7S2. The van der Waals surface area contributed by atoms with Gasteiger partial charge in [-0.15, -0.1) is 0 Å². The lowest BCUT2D eigenvalue weighted by atomic mass is 10.0. The Hall–Kier alpha value is -4.94. The number of rotatable bonds is 12. The molecule has 1 aliphatic heterocycles. The molecule has 0 saturated heterocycles. The van der Waals surface area contributed by atoms with Crippen LogP contribution in [0.15, 0.2) is 155 Å². The summed E-state index contributed by atoms with van der Waals surface area (Å²) >= 11 is 0. The predicted octanol–water partition coefficient (Wildman–Crippen LogP) is 5.69. The van der Waals surface area contributed by atoms with E-state index in [1.54, 1.807) is 54.6 Å². The number of carbonyl (C=O) groups excluding carboxylic acids is 2. The van der Waals surface area contributed by atoms with Crippen molar-refractivity contribution in [1.29, 1.82) is 0 Å². The minimum Gasteiger partial charge on any atom is -0.367 e. The van der Waals surface area contributed by atoms with Gasteiger partial charge < -0.3 is 4.74 Å². The first kappa shape index (κ1) is 32.0. The zero-order chi connectivity index (χ0) is 33.0. The molecule has 47 heavy (non-hydrogen) atoms. The van der Waals surface area contributed by atoms with E-state index in [1.807, 2.05) is 30.3 Å². The second-order valence-electron chi connectivity index (χ2n) is 10.8. The van der Waals surface area contributed by atoms with Crippen LogP contribution in [-0.4, -0.2) is 49.8 Å². The van der Waals surface area contributed by atoms with E-state index >= 15 is 0 Å². The number of nitrogens with zero attached hydrogens (tertiary/aromatic N) is 2. The van der Waals surface area contributed by atoms with Crippen LogP contribution in [0, 0.1) is 0 Å². The van der Waals surface area contributed by atoms with E-state index in [1.165, 1.54) is 60.7 Å². The standard InChI is InChI=1S/C36H30N2O7S2/c39-35-31-23-13-14-24-32(31)36(40)38(35)33(34(28-17-7-2-8-18-28)45-26-27-15-5-1-6-16-27)25-37(46(41,42)29-19-9-3-10-20-29)47(43,44)30-21-11-4-12-22-30/h1-24,33-34H,25-26H2/t33?,34-/m1/s1. The van der Waals surface area contributed by atoms with Crippen molar-refractivity contribution in [3.8, 4) is 0 Å². The molecular weight excluding hydrogens is 637 g/mol. The predicted molar refractivity (Wildman–Crippen MR) is 175 cm³/mol. The van der Waals surface area contributed by atoms with Gasteiger partial charge in [0.2, 0.25) is 0 Å². The summed E-state index contributed by atoms with van der Waals surface area (Å²) in [6.45, 7) is -0.800. The van der Waals surface area contributed by atoms with Crippen molar-refractivity contribution in [2.24, 2.45) is 0 Å². The summed E-state index contributed by atoms with van der Waals surface area (Å²) in [7, 11) is -9.55. The first-order valence-corrected chi connectivity index (χ1v) is 17.6. The molecule has 6 rings (SSSR count). The van der Waals surface area contributed by atoms with Gasteiger partial charge in [0.05, 0.1) is 40.1 Å². The highest BCUT2D eigenvalue weighted by Crippen LogP contribution is 2.36. The van der Waals surface area contributed by atoms with Gasteiger partial charge in [-0.05, 0) is 47.5 Å². The van der Waals surface area contributed by atoms with Crippen molar-refractivity contribution in [1.82, 2.24) is 8.61 Å². The van der Waals surface area contributed by atoms with E-state index in [2.05, 4.69) is 0 Å². The van der Waals surface area contributed by atoms with Crippen LogP contribution in [0.25, 0.3) is 0 Å². The number of hydrogen-bond donors (Lipinski definition) is 0. The lowest BCUT2D eigenvalue weighted by molar-refractivity contribution is -0.0169. The summed E-state index contributed by atoms with van der Waals surface area (Å²) in [5.41, 5.74) is 1.54. The summed E-state index contributed by atoms with van der Waals surface area (Å²) < 4.78 is 64.2. The maximum atomic E-state index is 14.3. The van der Waals surface area contributed by atoms with Crippen LogP contribution in [0.2, 0.25) is 0 Å². The van der Waals surface area contributed by atoms with Crippen LogP contribution in [0.5, 0.6) is 0 Å². The van der Waals surface area contributed by atoms with Gasteiger partial charge in [-0.3, -0.25) is 14.5 Å². The third kappa shape index (κ3) is 6.38. The third-order valence-corrected chi connectivity index (χ3v) is 12.1. The Morgan fingerprint density at radius 3 is 1.43 bits per heavy atom. The van der Waals surface area contributed by atoms with Gasteiger partial charge in [-0.25, -0.2) is 16.8 Å². The molecule has 2 amide bonds. The Bertz CT molecular complexity index is 1990. The number of sulfonamides is 2. The number of imide groups is 1. The van der Waals surface area contributed by atoms with Crippen molar-refractivity contribution < 1.29 is 31.2 Å². The zero-order valence-corrected chi connectivity index (χ0v) is 26.6. The molecule has 0 radical (unpaired) electrons. The minimum absolute atomic E-state index is 0.0247. The smallest absolute Gasteiger partial charge is 0.261 e. The topological polar surface area (TPSA) is 118 Å². The van der Waals surface area contributed by atoms with E-state index in [9.17, 15) is 26.4 Å². The molecule has 11 heteroatoms. The van der Waals surface area contributed by atoms with Gasteiger partial charge in [0.15, 0.2) is 0 Å². The fourth-order valence-corrected chi connectivity index (χ4v) is 9.27. The van der Waals surface area contributed by atoms with Crippen LogP contribution in [0.1, 0.15) is 37.9 Å². The van der Waals surface area contributed by atoms with E-state index in [0.717, 1.165) is 10.5 Å². The number of fused-ring (bicyclic) bond motifs is 1. The number of ether oxygens (including phenoxy) is 1. The molecule has 1 unspecified atom stereocenters. The first-order chi connectivity index (χ1) is 22.7. The van der Waals surface area contributed by atoms with Crippen LogP contribution in [0.3, 0.4) is 0 Å². The first-order valence-electron chi connectivity index (χ1n) is 14.7. The summed E-state index contributed by atoms with van der Waals surface area (Å²) in [5.74, 6) is -1.37. The molecule has 0 bridgehead atoms. The van der Waals surface area contributed by atoms with Crippen LogP contribution < -0.4 is 0 Å². The summed E-state index contributed by atoms with van der Waals surface area (Å²) in [4.78, 5) is 28.4. The minimum atomic E-state index is -4.78. The molecule has 0 spiro atoms. The molecule has 5 aromatic rings. The van der Waals surface area contributed by atoms with E-state index in [-0.39, 0.29) is 27.5 Å². The van der Waals surface area contributed by atoms with E-state index < -0.39 is 50.6 Å². The number of benzene rings is 5. The lowest BCUT2D eigenvalue weighted by Crippen LogP contribution is -2.53. The molecule has 2 atom stereocenters. The van der Waals surface area contributed by atoms with Gasteiger partial charge >= 0.3 is 0 Å². The maximum Gasteiger partial charge on any atom is 0.261 e. The quantitative estimate of drug-likeness (QED) is 0.157. The second kappa shape index (κ2) is 13.4.